The van der Waals surface area contributed by atoms with Crippen molar-refractivity contribution in [1.29, 1.82) is 0 Å². The highest BCUT2D eigenvalue weighted by Crippen LogP contribution is 2.21. The molecule has 1 saturated heterocycles. The number of hydrogen-bond donors (Lipinski definition) is 4. The van der Waals surface area contributed by atoms with Crippen LogP contribution in [0.25, 0.3) is 5.57 Å². The second-order valence-corrected chi connectivity index (χ2v) is 8.39. The SMILES string of the molecule is C=C(/C=C\N=C(N)Nc1cccc(NC(=O)C2CCN(C)CC2)c1)c1ccc(NC(C)=O)cc1. The molecule has 2 amide bonds. The van der Waals surface area contributed by atoms with Crippen molar-refractivity contribution in [2.45, 2.75) is 19.8 Å². The summed E-state index contributed by atoms with van der Waals surface area (Å²) in [5.74, 6) is 0.190. The zero-order valence-electron chi connectivity index (χ0n) is 19.7. The van der Waals surface area contributed by atoms with E-state index in [9.17, 15) is 9.59 Å². The fraction of sp³-hybridized carbons (Fsp3) is 0.269. The first-order valence-electron chi connectivity index (χ1n) is 11.2. The van der Waals surface area contributed by atoms with E-state index >= 15 is 0 Å². The molecule has 0 aromatic heterocycles. The van der Waals surface area contributed by atoms with Gasteiger partial charge in [0.1, 0.15) is 0 Å². The van der Waals surface area contributed by atoms with Crippen LogP contribution in [0.1, 0.15) is 25.3 Å². The van der Waals surface area contributed by atoms with Gasteiger partial charge in [0.25, 0.3) is 0 Å². The van der Waals surface area contributed by atoms with Crippen LogP contribution >= 0.6 is 0 Å². The Morgan fingerprint density at radius 2 is 1.68 bits per heavy atom. The first kappa shape index (κ1) is 24.7. The van der Waals surface area contributed by atoms with E-state index < -0.39 is 0 Å². The summed E-state index contributed by atoms with van der Waals surface area (Å²) < 4.78 is 0. The Balaban J connectivity index is 1.53. The number of piperidine rings is 1. The minimum absolute atomic E-state index is 0.0410. The van der Waals surface area contributed by atoms with Gasteiger partial charge < -0.3 is 26.6 Å². The normalized spacial score (nSPS) is 15.2. The molecule has 1 aliphatic rings. The van der Waals surface area contributed by atoms with Crippen LogP contribution in [0.15, 0.2) is 72.4 Å². The van der Waals surface area contributed by atoms with E-state index in [0.29, 0.717) is 5.69 Å². The number of allylic oxidation sites excluding steroid dienone is 2. The van der Waals surface area contributed by atoms with Gasteiger partial charge >= 0.3 is 0 Å². The van der Waals surface area contributed by atoms with Crippen LogP contribution in [0.4, 0.5) is 17.1 Å². The van der Waals surface area contributed by atoms with Crippen molar-refractivity contribution in [1.82, 2.24) is 4.90 Å². The smallest absolute Gasteiger partial charge is 0.227 e. The van der Waals surface area contributed by atoms with Gasteiger partial charge in [0.05, 0.1) is 0 Å². The molecule has 0 atom stereocenters. The Hall–Kier alpha value is -3.91. The van der Waals surface area contributed by atoms with E-state index in [0.717, 1.165) is 48.4 Å². The molecule has 1 fully saturated rings. The lowest BCUT2D eigenvalue weighted by atomic mass is 9.96. The molecule has 5 N–H and O–H groups in total. The number of nitrogens with one attached hydrogen (secondary N) is 3. The Labute approximate surface area is 200 Å². The minimum Gasteiger partial charge on any atom is -0.369 e. The maximum absolute atomic E-state index is 12.6. The monoisotopic (exact) mass is 460 g/mol. The lowest BCUT2D eigenvalue weighted by Gasteiger charge is -2.28. The Kier molecular flexibility index (Phi) is 8.59. The number of nitrogens with two attached hydrogens (primary N) is 1. The van der Waals surface area contributed by atoms with Gasteiger partial charge in [0.15, 0.2) is 5.96 Å². The summed E-state index contributed by atoms with van der Waals surface area (Å²) >= 11 is 0. The molecule has 0 bridgehead atoms. The Morgan fingerprint density at radius 1 is 1.03 bits per heavy atom. The molecule has 0 spiro atoms. The molecule has 0 unspecified atom stereocenters. The number of carbonyl (C=O) groups is 2. The Bertz CT molecular complexity index is 1080. The molecular weight excluding hydrogens is 428 g/mol. The van der Waals surface area contributed by atoms with E-state index in [1.54, 1.807) is 12.3 Å². The fourth-order valence-corrected chi connectivity index (χ4v) is 3.64. The molecule has 2 aromatic rings. The molecule has 8 heteroatoms. The number of amides is 2. The average molecular weight is 461 g/mol. The number of rotatable bonds is 7. The number of carbonyl (C=O) groups excluding carboxylic acids is 2. The molecule has 1 aliphatic heterocycles. The van der Waals surface area contributed by atoms with Crippen molar-refractivity contribution < 1.29 is 9.59 Å². The van der Waals surface area contributed by atoms with E-state index in [1.165, 1.54) is 6.92 Å². The summed E-state index contributed by atoms with van der Waals surface area (Å²) in [4.78, 5) is 30.1. The summed E-state index contributed by atoms with van der Waals surface area (Å²) in [7, 11) is 2.08. The van der Waals surface area contributed by atoms with Gasteiger partial charge in [-0.05, 0) is 80.5 Å². The van der Waals surface area contributed by atoms with Crippen molar-refractivity contribution >= 4 is 40.4 Å². The molecule has 0 saturated carbocycles. The van der Waals surface area contributed by atoms with Crippen molar-refractivity contribution in [3.63, 3.8) is 0 Å². The molecule has 178 valence electrons. The predicted molar refractivity (Wildman–Crippen MR) is 139 cm³/mol. The third-order valence-corrected chi connectivity index (χ3v) is 5.56. The number of benzene rings is 2. The van der Waals surface area contributed by atoms with Gasteiger partial charge in [-0.2, -0.15) is 0 Å². The number of nitrogens with zero attached hydrogens (tertiary/aromatic N) is 2. The zero-order valence-corrected chi connectivity index (χ0v) is 19.7. The lowest BCUT2D eigenvalue weighted by molar-refractivity contribution is -0.121. The topological polar surface area (TPSA) is 112 Å². The number of aliphatic imine (C=N–C) groups is 1. The number of anilines is 3. The van der Waals surface area contributed by atoms with Gasteiger partial charge in [-0.1, -0.05) is 24.8 Å². The third kappa shape index (κ3) is 7.60. The molecule has 34 heavy (non-hydrogen) atoms. The highest BCUT2D eigenvalue weighted by atomic mass is 16.2. The largest absolute Gasteiger partial charge is 0.369 e. The summed E-state index contributed by atoms with van der Waals surface area (Å²) in [6.45, 7) is 7.38. The van der Waals surface area contributed by atoms with Gasteiger partial charge in [-0.15, -0.1) is 0 Å². The van der Waals surface area contributed by atoms with E-state index in [-0.39, 0.29) is 23.7 Å². The highest BCUT2D eigenvalue weighted by Gasteiger charge is 2.23. The molecule has 3 rings (SSSR count). The van der Waals surface area contributed by atoms with Gasteiger partial charge in [-0.3, -0.25) is 9.59 Å². The second-order valence-electron chi connectivity index (χ2n) is 8.39. The standard InChI is InChI=1S/C26H32N6O2/c1-18(20-7-9-22(10-8-20)29-19(2)33)11-14-28-26(27)31-24-6-4-5-23(17-24)30-25(34)21-12-15-32(3)16-13-21/h4-11,14,17,21H,1,12-13,15-16H2,2-3H3,(H,29,33)(H,30,34)(H3,27,28,31)/b14-11-. The van der Waals surface area contributed by atoms with E-state index in [1.807, 2.05) is 48.5 Å². The summed E-state index contributed by atoms with van der Waals surface area (Å²) in [6.07, 6.45) is 5.06. The van der Waals surface area contributed by atoms with Crippen LogP contribution in [-0.4, -0.2) is 42.8 Å². The van der Waals surface area contributed by atoms with E-state index in [2.05, 4.69) is 39.5 Å². The van der Waals surface area contributed by atoms with Crippen molar-refractivity contribution in [3.8, 4) is 0 Å². The van der Waals surface area contributed by atoms with Crippen molar-refractivity contribution in [2.75, 3.05) is 36.1 Å². The molecule has 0 radical (unpaired) electrons. The first-order valence-corrected chi connectivity index (χ1v) is 11.2. The lowest BCUT2D eigenvalue weighted by Crippen LogP contribution is -2.35. The number of guanidine groups is 1. The van der Waals surface area contributed by atoms with Crippen molar-refractivity contribution in [2.24, 2.45) is 16.6 Å². The Morgan fingerprint density at radius 3 is 2.32 bits per heavy atom. The predicted octanol–water partition coefficient (Wildman–Crippen LogP) is 3.88. The third-order valence-electron chi connectivity index (χ3n) is 5.56. The molecular formula is C26H32N6O2. The fourth-order valence-electron chi connectivity index (χ4n) is 3.64. The van der Waals surface area contributed by atoms with Gasteiger partial charge in [-0.25, -0.2) is 4.99 Å². The molecule has 1 heterocycles. The van der Waals surface area contributed by atoms with Gasteiger partial charge in [0, 0.05) is 36.1 Å². The highest BCUT2D eigenvalue weighted by molar-refractivity contribution is 5.96. The van der Waals surface area contributed by atoms with Crippen LogP contribution in [0, 0.1) is 5.92 Å². The van der Waals surface area contributed by atoms with Gasteiger partial charge in [0.2, 0.25) is 11.8 Å². The molecule has 8 nitrogen and oxygen atoms in total. The maximum atomic E-state index is 12.6. The van der Waals surface area contributed by atoms with E-state index in [4.69, 9.17) is 5.73 Å². The van der Waals surface area contributed by atoms with Crippen LogP contribution < -0.4 is 21.7 Å². The summed E-state index contributed by atoms with van der Waals surface area (Å²) in [5, 5.41) is 8.76. The first-order chi connectivity index (χ1) is 16.3. The average Bonchev–Trinajstić information content (AvgIpc) is 2.79. The second kappa shape index (κ2) is 11.8. The molecule has 0 aliphatic carbocycles. The summed E-state index contributed by atoms with van der Waals surface area (Å²) in [6, 6.07) is 14.8. The zero-order chi connectivity index (χ0) is 24.5. The quantitative estimate of drug-likeness (QED) is 0.285. The van der Waals surface area contributed by atoms with Crippen LogP contribution in [-0.2, 0) is 9.59 Å². The van der Waals surface area contributed by atoms with Crippen LogP contribution in [0.2, 0.25) is 0 Å². The van der Waals surface area contributed by atoms with Crippen LogP contribution in [0.5, 0.6) is 0 Å². The molecule has 2 aromatic carbocycles. The van der Waals surface area contributed by atoms with Crippen LogP contribution in [0.3, 0.4) is 0 Å². The number of likely N-dealkylation sites (tertiary alicyclic amines) is 1. The van der Waals surface area contributed by atoms with Crippen molar-refractivity contribution in [3.05, 3.63) is 72.9 Å². The summed E-state index contributed by atoms with van der Waals surface area (Å²) in [5.41, 5.74) is 9.83. The minimum atomic E-state index is -0.117. The number of hydrogen-bond acceptors (Lipinski definition) is 4. The maximum Gasteiger partial charge on any atom is 0.227 e.